The molecule has 0 saturated heterocycles. The van der Waals surface area contributed by atoms with Crippen LogP contribution in [0.1, 0.15) is 5.56 Å². The first kappa shape index (κ1) is 16.0. The third kappa shape index (κ3) is 5.61. The van der Waals surface area contributed by atoms with Gasteiger partial charge >= 0.3 is 31.1 Å². The molecule has 1 aromatic heterocycles. The molecule has 1 heterocycles. The minimum absolute atomic E-state index is 0. The number of benzene rings is 2. The second kappa shape index (κ2) is 8.93. The minimum atomic E-state index is 0. The van der Waals surface area contributed by atoms with E-state index in [9.17, 15) is 0 Å². The van der Waals surface area contributed by atoms with Crippen molar-refractivity contribution in [1.29, 1.82) is 0 Å². The van der Waals surface area contributed by atoms with Gasteiger partial charge in [-0.25, -0.2) is 0 Å². The minimum Gasteiger partial charge on any atom is -0.311 e. The van der Waals surface area contributed by atoms with Gasteiger partial charge in [0.2, 0.25) is 0 Å². The summed E-state index contributed by atoms with van der Waals surface area (Å²) < 4.78 is 0. The van der Waals surface area contributed by atoms with E-state index in [2.05, 4.69) is 22.6 Å². The van der Waals surface area contributed by atoms with Crippen LogP contribution in [0.5, 0.6) is 0 Å². The van der Waals surface area contributed by atoms with Crippen LogP contribution in [0.4, 0.5) is 0 Å². The van der Waals surface area contributed by atoms with Crippen LogP contribution in [0, 0.1) is 43.5 Å². The quantitative estimate of drug-likeness (QED) is 0.485. The van der Waals surface area contributed by atoms with Crippen molar-refractivity contribution in [3.8, 4) is 10.6 Å². The van der Waals surface area contributed by atoms with Crippen molar-refractivity contribution in [1.82, 2.24) is 10.2 Å². The fraction of sp³-hybridized carbons (Fsp3) is 0. The van der Waals surface area contributed by atoms with Gasteiger partial charge in [0.05, 0.1) is 0 Å². The average Bonchev–Trinajstić information content (AvgIpc) is 2.95. The smallest absolute Gasteiger partial charge is 0.311 e. The topological polar surface area (TPSA) is 25.8 Å². The second-order valence-corrected chi connectivity index (χ2v) is 4.32. The fourth-order valence-electron chi connectivity index (χ4n) is 1.33. The summed E-state index contributed by atoms with van der Waals surface area (Å²) in [5.41, 5.74) is 4.88. The molecule has 0 amide bonds. The molecule has 4 heteroatoms. The van der Waals surface area contributed by atoms with E-state index < -0.39 is 0 Å². The van der Waals surface area contributed by atoms with Gasteiger partial charge in [-0.15, -0.1) is 12.1 Å². The zero-order valence-corrected chi connectivity index (χ0v) is 15.3. The van der Waals surface area contributed by atoms with E-state index in [0.29, 0.717) is 0 Å². The van der Waals surface area contributed by atoms with E-state index in [4.69, 9.17) is 0 Å². The molecule has 3 aromatic rings. The van der Waals surface area contributed by atoms with Crippen molar-refractivity contribution >= 4 is 11.3 Å². The third-order valence-electron chi connectivity index (χ3n) is 2.19. The second-order valence-electron chi connectivity index (χ2n) is 3.55. The van der Waals surface area contributed by atoms with Gasteiger partial charge in [-0.3, -0.25) is 10.2 Å². The summed E-state index contributed by atoms with van der Waals surface area (Å²) in [6.07, 6.45) is 0. The first-order chi connectivity index (χ1) is 8.86. The number of aromatic nitrogens is 2. The largest absolute Gasteiger partial charge is 2.00 e. The van der Waals surface area contributed by atoms with Gasteiger partial charge in [0.1, 0.15) is 0 Å². The number of nitrogens with zero attached hydrogens (tertiary/aromatic N) is 2. The summed E-state index contributed by atoms with van der Waals surface area (Å²) in [4.78, 5) is 0. The summed E-state index contributed by atoms with van der Waals surface area (Å²) in [5, 5.41) is 8.46. The summed E-state index contributed by atoms with van der Waals surface area (Å²) in [5.74, 6) is 0. The van der Waals surface area contributed by atoms with Crippen LogP contribution < -0.4 is 0 Å². The predicted octanol–water partition coefficient (Wildman–Crippen LogP) is 3.87. The first-order valence-electron chi connectivity index (χ1n) is 5.48. The van der Waals surface area contributed by atoms with Crippen molar-refractivity contribution in [2.24, 2.45) is 0 Å². The van der Waals surface area contributed by atoms with Crippen molar-refractivity contribution < 1.29 is 31.1 Å². The van der Waals surface area contributed by atoms with Crippen molar-refractivity contribution in [3.63, 3.8) is 0 Å². The van der Waals surface area contributed by atoms with Crippen molar-refractivity contribution in [2.45, 2.75) is 0 Å². The van der Waals surface area contributed by atoms with E-state index >= 15 is 0 Å². The number of hydrogen-bond donors (Lipinski definition) is 0. The average molecular weight is 490 g/mol. The molecule has 92 valence electrons. The predicted molar refractivity (Wildman–Crippen MR) is 75.1 cm³/mol. The molecule has 0 N–H and O–H groups in total. The van der Waals surface area contributed by atoms with Crippen LogP contribution in [0.15, 0.2) is 60.7 Å². The zero-order chi connectivity index (χ0) is 12.6. The Bertz CT molecular complexity index is 553. The van der Waals surface area contributed by atoms with Gasteiger partial charge in [0.15, 0.2) is 0 Å². The Morgan fingerprint density at radius 1 is 0.895 bits per heavy atom. The zero-order valence-electron chi connectivity index (χ0n) is 10.3. The molecule has 0 aliphatic rings. The Kier molecular flexibility index (Phi) is 7.51. The molecule has 0 atom stereocenters. The molecule has 2 aromatic carbocycles. The van der Waals surface area contributed by atoms with Gasteiger partial charge in [0.25, 0.3) is 0 Å². The fourth-order valence-corrected chi connectivity index (χ4v) is 1.83. The van der Waals surface area contributed by atoms with Crippen LogP contribution in [-0.4, -0.2) is 10.2 Å². The normalized spacial score (nSPS) is 8.84. The van der Waals surface area contributed by atoms with E-state index in [1.165, 1.54) is 11.3 Å². The van der Waals surface area contributed by atoms with Crippen molar-refractivity contribution in [2.75, 3.05) is 0 Å². The summed E-state index contributed by atoms with van der Waals surface area (Å²) in [6.45, 7) is 3.72. The molecule has 0 aliphatic carbocycles. The molecule has 19 heavy (non-hydrogen) atoms. The van der Waals surface area contributed by atoms with Gasteiger partial charge in [-0.05, 0) is 5.01 Å². The van der Waals surface area contributed by atoms with Crippen LogP contribution in [0.3, 0.4) is 0 Å². The molecule has 0 spiro atoms. The number of hydrogen-bond acceptors (Lipinski definition) is 3. The Morgan fingerprint density at radius 3 is 1.89 bits per heavy atom. The molecular formula is C15H12N2SU. The molecular weight excluding hydrogens is 478 g/mol. The van der Waals surface area contributed by atoms with Crippen molar-refractivity contribution in [3.05, 3.63) is 78.7 Å². The Balaban J connectivity index is 0.000000198. The molecule has 0 radical (unpaired) electrons. The molecule has 0 aliphatic heterocycles. The van der Waals surface area contributed by atoms with Crippen LogP contribution in [0.25, 0.3) is 10.6 Å². The van der Waals surface area contributed by atoms with Gasteiger partial charge < -0.3 is 11.3 Å². The Hall–Kier alpha value is -1.08. The monoisotopic (exact) mass is 490 g/mol. The summed E-state index contributed by atoms with van der Waals surface area (Å²) >= 11 is 1.43. The van der Waals surface area contributed by atoms with Gasteiger partial charge in [0, 0.05) is 0 Å². The molecule has 0 fully saturated rings. The molecule has 0 bridgehead atoms. The van der Waals surface area contributed by atoms with Gasteiger partial charge in [-0.1, -0.05) is 47.5 Å². The van der Waals surface area contributed by atoms with Crippen LogP contribution >= 0.6 is 11.3 Å². The maximum absolute atomic E-state index is 3.90. The summed E-state index contributed by atoms with van der Waals surface area (Å²) in [7, 11) is 0. The van der Waals surface area contributed by atoms with Gasteiger partial charge in [-0.2, -0.15) is 24.6 Å². The van der Waals surface area contributed by atoms with Crippen LogP contribution in [0.2, 0.25) is 0 Å². The third-order valence-corrected chi connectivity index (χ3v) is 2.87. The maximum atomic E-state index is 3.90. The standard InChI is InChI=1S/C8H5N2S.C7H7.U/c1-2-4-7(5-3-1)8-10-9-6-11-8;1-7-5-3-2-4-6-7;/h1-5H;2-6H,1H2;/q2*-1;+2. The Morgan fingerprint density at radius 2 is 1.47 bits per heavy atom. The SMILES string of the molecule is [CH2-]c1ccccc1.[U+2].[c-]1nnc(-c2ccccc2)s1. The number of rotatable bonds is 1. The van der Waals surface area contributed by atoms with E-state index in [1.807, 2.05) is 60.7 Å². The molecule has 3 rings (SSSR count). The Labute approximate surface area is 141 Å². The van der Waals surface area contributed by atoms with E-state index in [0.717, 1.165) is 16.1 Å². The molecule has 2 nitrogen and oxygen atoms in total. The first-order valence-corrected chi connectivity index (χ1v) is 6.30. The van der Waals surface area contributed by atoms with Crippen LogP contribution in [-0.2, 0) is 0 Å². The summed E-state index contributed by atoms with van der Waals surface area (Å²) in [6, 6.07) is 19.8. The maximum Gasteiger partial charge on any atom is 2.00 e. The van der Waals surface area contributed by atoms with E-state index in [1.54, 1.807) is 0 Å². The van der Waals surface area contributed by atoms with E-state index in [-0.39, 0.29) is 31.1 Å². The molecule has 0 saturated carbocycles. The molecule has 0 unspecified atom stereocenters.